The number of hydrogen-bond donors (Lipinski definition) is 1. The third-order valence-corrected chi connectivity index (χ3v) is 3.19. The van der Waals surface area contributed by atoms with Gasteiger partial charge in [-0.05, 0) is 21.8 Å². The minimum absolute atomic E-state index is 0.493. The smallest absolute Gasteiger partial charge is 0.123 e. The van der Waals surface area contributed by atoms with Gasteiger partial charge in [-0.1, -0.05) is 13.8 Å². The number of fused-ring (bicyclic) bond motifs is 1. The molecule has 0 saturated carbocycles. The highest BCUT2D eigenvalue weighted by Gasteiger charge is 2.18. The Balaban J connectivity index is 2.44. The molecule has 2 heterocycles. The maximum absolute atomic E-state index is 4.60. The van der Waals surface area contributed by atoms with E-state index in [4.69, 9.17) is 0 Å². The van der Waals surface area contributed by atoms with E-state index in [1.54, 1.807) is 0 Å². The monoisotopic (exact) mass is 243 g/mol. The molecule has 1 aromatic heterocycles. The molecule has 0 aromatic carbocycles. The van der Waals surface area contributed by atoms with Gasteiger partial charge in [-0.3, -0.25) is 0 Å². The minimum atomic E-state index is 0.493. The third-order valence-electron chi connectivity index (χ3n) is 2.35. The zero-order valence-corrected chi connectivity index (χ0v) is 9.56. The summed E-state index contributed by atoms with van der Waals surface area (Å²) >= 11 is 3.61. The van der Waals surface area contributed by atoms with Gasteiger partial charge in [0.2, 0.25) is 0 Å². The van der Waals surface area contributed by atoms with E-state index in [1.807, 2.05) is 0 Å². The quantitative estimate of drug-likeness (QED) is 0.817. The van der Waals surface area contributed by atoms with Crippen molar-refractivity contribution in [1.29, 1.82) is 0 Å². The molecule has 0 atom stereocenters. The van der Waals surface area contributed by atoms with E-state index in [9.17, 15) is 0 Å². The van der Waals surface area contributed by atoms with Gasteiger partial charge < -0.3 is 9.88 Å². The predicted molar refractivity (Wildman–Crippen MR) is 55.7 cm³/mol. The van der Waals surface area contributed by atoms with E-state index >= 15 is 0 Å². The van der Waals surface area contributed by atoms with E-state index in [0.29, 0.717) is 5.92 Å². The molecule has 72 valence electrons. The van der Waals surface area contributed by atoms with Crippen molar-refractivity contribution in [2.24, 2.45) is 0 Å². The van der Waals surface area contributed by atoms with E-state index in [0.717, 1.165) is 25.5 Å². The minimum Gasteiger partial charge on any atom is -0.320 e. The lowest BCUT2D eigenvalue weighted by Crippen LogP contribution is -2.28. The fourth-order valence-electron chi connectivity index (χ4n) is 1.62. The second kappa shape index (κ2) is 3.42. The Labute approximate surface area is 86.7 Å². The summed E-state index contributed by atoms with van der Waals surface area (Å²) in [6.45, 7) is 7.31. The summed E-state index contributed by atoms with van der Waals surface area (Å²) in [5.74, 6) is 1.65. The first kappa shape index (κ1) is 9.21. The molecule has 1 aliphatic rings. The van der Waals surface area contributed by atoms with Crippen LogP contribution in [-0.2, 0) is 13.1 Å². The van der Waals surface area contributed by atoms with Crippen LogP contribution in [0.4, 0.5) is 0 Å². The molecule has 0 aliphatic carbocycles. The number of imidazole rings is 1. The molecule has 0 radical (unpaired) electrons. The molecule has 0 unspecified atom stereocenters. The normalized spacial score (nSPS) is 16.3. The predicted octanol–water partition coefficient (Wildman–Crippen LogP) is 1.87. The number of nitrogens with one attached hydrogen (secondary N) is 1. The lowest BCUT2D eigenvalue weighted by molar-refractivity contribution is 0.500. The van der Waals surface area contributed by atoms with Crippen molar-refractivity contribution in [2.45, 2.75) is 32.9 Å². The van der Waals surface area contributed by atoms with E-state index < -0.39 is 0 Å². The van der Waals surface area contributed by atoms with Crippen LogP contribution in [0.2, 0.25) is 0 Å². The number of nitrogens with zero attached hydrogens (tertiary/aromatic N) is 2. The molecular formula is C9H14BrN3. The molecule has 1 N–H and O–H groups in total. The van der Waals surface area contributed by atoms with Gasteiger partial charge in [0.25, 0.3) is 0 Å². The number of rotatable bonds is 1. The molecule has 4 heteroatoms. The molecule has 0 bridgehead atoms. The van der Waals surface area contributed by atoms with Crippen molar-refractivity contribution in [3.63, 3.8) is 0 Å². The highest BCUT2D eigenvalue weighted by Crippen LogP contribution is 2.26. The fraction of sp³-hybridized carbons (Fsp3) is 0.667. The summed E-state index contributed by atoms with van der Waals surface area (Å²) in [7, 11) is 0. The van der Waals surface area contributed by atoms with Crippen LogP contribution in [0.5, 0.6) is 0 Å². The second-order valence-electron chi connectivity index (χ2n) is 3.69. The first-order chi connectivity index (χ1) is 6.20. The SMILES string of the molecule is CC(C)c1nc2n(c1Br)CCNC2. The topological polar surface area (TPSA) is 29.9 Å². The molecule has 13 heavy (non-hydrogen) atoms. The molecule has 1 aromatic rings. The number of hydrogen-bond acceptors (Lipinski definition) is 2. The molecule has 0 saturated heterocycles. The van der Waals surface area contributed by atoms with Gasteiger partial charge in [0.15, 0.2) is 0 Å². The first-order valence-electron chi connectivity index (χ1n) is 4.65. The zero-order valence-electron chi connectivity index (χ0n) is 7.97. The summed E-state index contributed by atoms with van der Waals surface area (Å²) in [5, 5.41) is 3.32. The zero-order chi connectivity index (χ0) is 9.42. The Bertz CT molecular complexity index is 317. The van der Waals surface area contributed by atoms with E-state index in [2.05, 4.69) is 44.6 Å². The average Bonchev–Trinajstić information content (AvgIpc) is 2.45. The van der Waals surface area contributed by atoms with E-state index in [1.165, 1.54) is 10.3 Å². The Hall–Kier alpha value is -0.350. The highest BCUT2D eigenvalue weighted by atomic mass is 79.9. The van der Waals surface area contributed by atoms with Crippen LogP contribution in [0.15, 0.2) is 4.60 Å². The van der Waals surface area contributed by atoms with E-state index in [-0.39, 0.29) is 0 Å². The van der Waals surface area contributed by atoms with Crippen molar-refractivity contribution < 1.29 is 0 Å². The molecule has 0 spiro atoms. The highest BCUT2D eigenvalue weighted by molar-refractivity contribution is 9.10. The van der Waals surface area contributed by atoms with Crippen LogP contribution < -0.4 is 5.32 Å². The Morgan fingerprint density at radius 2 is 2.31 bits per heavy atom. The fourth-order valence-corrected chi connectivity index (χ4v) is 2.55. The van der Waals surface area contributed by atoms with Gasteiger partial charge in [0.1, 0.15) is 10.4 Å². The van der Waals surface area contributed by atoms with Crippen LogP contribution in [0.25, 0.3) is 0 Å². The lowest BCUT2D eigenvalue weighted by atomic mass is 10.2. The summed E-state index contributed by atoms with van der Waals surface area (Å²) in [4.78, 5) is 4.60. The van der Waals surface area contributed by atoms with Crippen LogP contribution in [0.3, 0.4) is 0 Å². The van der Waals surface area contributed by atoms with Gasteiger partial charge >= 0.3 is 0 Å². The second-order valence-corrected chi connectivity index (χ2v) is 4.44. The van der Waals surface area contributed by atoms with Gasteiger partial charge in [-0.2, -0.15) is 0 Å². The Morgan fingerprint density at radius 1 is 1.54 bits per heavy atom. The van der Waals surface area contributed by atoms with Crippen molar-refractivity contribution >= 4 is 15.9 Å². The molecule has 2 rings (SSSR count). The standard InChI is InChI=1S/C9H14BrN3/c1-6(2)8-9(10)13-4-3-11-5-7(13)12-8/h6,11H,3-5H2,1-2H3. The first-order valence-corrected chi connectivity index (χ1v) is 5.45. The number of aromatic nitrogens is 2. The summed E-state index contributed by atoms with van der Waals surface area (Å²) in [6.07, 6.45) is 0. The van der Waals surface area contributed by atoms with Gasteiger partial charge in [-0.15, -0.1) is 0 Å². The molecule has 0 amide bonds. The average molecular weight is 244 g/mol. The van der Waals surface area contributed by atoms with Crippen LogP contribution in [0, 0.1) is 0 Å². The number of halogens is 1. The largest absolute Gasteiger partial charge is 0.320 e. The Kier molecular flexibility index (Phi) is 2.43. The van der Waals surface area contributed by atoms with Gasteiger partial charge in [0.05, 0.1) is 12.2 Å². The van der Waals surface area contributed by atoms with Crippen LogP contribution >= 0.6 is 15.9 Å². The van der Waals surface area contributed by atoms with Crippen molar-refractivity contribution in [3.8, 4) is 0 Å². The van der Waals surface area contributed by atoms with Crippen LogP contribution in [0.1, 0.15) is 31.3 Å². The van der Waals surface area contributed by atoms with Crippen molar-refractivity contribution in [2.75, 3.05) is 6.54 Å². The maximum atomic E-state index is 4.60. The molecule has 1 aliphatic heterocycles. The van der Waals surface area contributed by atoms with Crippen molar-refractivity contribution in [3.05, 3.63) is 16.1 Å². The molecular weight excluding hydrogens is 230 g/mol. The summed E-state index contributed by atoms with van der Waals surface area (Å²) in [6, 6.07) is 0. The maximum Gasteiger partial charge on any atom is 0.123 e. The Morgan fingerprint density at radius 3 is 2.92 bits per heavy atom. The summed E-state index contributed by atoms with van der Waals surface area (Å²) in [5.41, 5.74) is 1.18. The summed E-state index contributed by atoms with van der Waals surface area (Å²) < 4.78 is 3.42. The van der Waals surface area contributed by atoms with Gasteiger partial charge in [-0.25, -0.2) is 4.98 Å². The molecule has 3 nitrogen and oxygen atoms in total. The third kappa shape index (κ3) is 1.53. The van der Waals surface area contributed by atoms with Gasteiger partial charge in [0, 0.05) is 13.1 Å². The lowest BCUT2D eigenvalue weighted by Gasteiger charge is -2.15. The molecule has 0 fully saturated rings. The van der Waals surface area contributed by atoms with Crippen molar-refractivity contribution in [1.82, 2.24) is 14.9 Å². The van der Waals surface area contributed by atoms with Crippen LogP contribution in [-0.4, -0.2) is 16.1 Å².